The van der Waals surface area contributed by atoms with E-state index in [1.165, 1.54) is 42.7 Å². The Kier molecular flexibility index (Phi) is 8.08. The van der Waals surface area contributed by atoms with Crippen molar-refractivity contribution in [3.8, 4) is 5.75 Å². The molecule has 0 aromatic heterocycles. The fourth-order valence-electron chi connectivity index (χ4n) is 3.04. The summed E-state index contributed by atoms with van der Waals surface area (Å²) in [5.41, 5.74) is 0.879. The van der Waals surface area contributed by atoms with Gasteiger partial charge in [0.05, 0.1) is 17.7 Å². The predicted octanol–water partition coefficient (Wildman–Crippen LogP) is 4.22. The molecule has 0 saturated carbocycles. The third-order valence-corrected chi connectivity index (χ3v) is 6.60. The summed E-state index contributed by atoms with van der Waals surface area (Å²) in [4.78, 5) is 12.5. The van der Waals surface area contributed by atoms with Gasteiger partial charge in [-0.1, -0.05) is 38.3 Å². The number of methoxy groups -OCH3 is 1. The smallest absolute Gasteiger partial charge is 0.264 e. The standard InChI is InChI=1S/C22H30N2O4S/c1-5-6-7-10-17(2)23-22(25)18-13-15-19(16-14-18)29(26,27)24(3)20-11-8-9-12-21(20)28-4/h8-9,11-17H,5-7,10H2,1-4H3,(H,23,25). The first kappa shape index (κ1) is 22.7. The van der Waals surface area contributed by atoms with Gasteiger partial charge in [-0.3, -0.25) is 9.10 Å². The number of anilines is 1. The van der Waals surface area contributed by atoms with Crippen LogP contribution in [-0.2, 0) is 10.0 Å². The van der Waals surface area contributed by atoms with Crippen LogP contribution >= 0.6 is 0 Å². The molecule has 1 amide bonds. The lowest BCUT2D eigenvalue weighted by Crippen LogP contribution is -2.32. The van der Waals surface area contributed by atoms with E-state index in [2.05, 4.69) is 12.2 Å². The highest BCUT2D eigenvalue weighted by Gasteiger charge is 2.24. The molecule has 0 aliphatic heterocycles. The van der Waals surface area contributed by atoms with Crippen LogP contribution in [0.1, 0.15) is 49.9 Å². The Morgan fingerprint density at radius 2 is 1.76 bits per heavy atom. The van der Waals surface area contributed by atoms with E-state index in [1.54, 1.807) is 24.3 Å². The van der Waals surface area contributed by atoms with Crippen LogP contribution < -0.4 is 14.4 Å². The SMILES string of the molecule is CCCCCC(C)NC(=O)c1ccc(S(=O)(=O)N(C)c2ccccc2OC)cc1. The second kappa shape index (κ2) is 10.3. The Hall–Kier alpha value is -2.54. The van der Waals surface area contributed by atoms with Crippen LogP contribution in [0.15, 0.2) is 53.4 Å². The summed E-state index contributed by atoms with van der Waals surface area (Å²) in [6.07, 6.45) is 4.28. The van der Waals surface area contributed by atoms with Crippen molar-refractivity contribution in [1.82, 2.24) is 5.32 Å². The summed E-state index contributed by atoms with van der Waals surface area (Å²) in [6.45, 7) is 4.12. The number of para-hydroxylation sites is 2. The zero-order chi connectivity index (χ0) is 21.4. The molecular formula is C22H30N2O4S. The Morgan fingerprint density at radius 3 is 2.38 bits per heavy atom. The summed E-state index contributed by atoms with van der Waals surface area (Å²) < 4.78 is 32.4. The number of carbonyl (C=O) groups excluding carboxylic acids is 1. The fourth-order valence-corrected chi connectivity index (χ4v) is 4.24. The van der Waals surface area contributed by atoms with Crippen LogP contribution in [0.25, 0.3) is 0 Å². The molecule has 0 heterocycles. The molecule has 6 nitrogen and oxygen atoms in total. The van der Waals surface area contributed by atoms with Gasteiger partial charge in [-0.25, -0.2) is 8.42 Å². The molecule has 0 radical (unpaired) electrons. The van der Waals surface area contributed by atoms with Crippen LogP contribution in [0.4, 0.5) is 5.69 Å². The van der Waals surface area contributed by atoms with Crippen molar-refractivity contribution in [2.45, 2.75) is 50.5 Å². The van der Waals surface area contributed by atoms with Gasteiger partial charge in [0.1, 0.15) is 5.75 Å². The fraction of sp³-hybridized carbons (Fsp3) is 0.409. The van der Waals surface area contributed by atoms with E-state index in [0.29, 0.717) is 17.0 Å². The molecule has 0 spiro atoms. The summed E-state index contributed by atoms with van der Waals surface area (Å²) in [6, 6.07) is 13.0. The van der Waals surface area contributed by atoms with E-state index in [4.69, 9.17) is 4.74 Å². The second-order valence-corrected chi connectivity index (χ2v) is 9.01. The highest BCUT2D eigenvalue weighted by molar-refractivity contribution is 7.92. The molecule has 2 aromatic carbocycles. The first-order chi connectivity index (χ1) is 13.8. The van der Waals surface area contributed by atoms with Crippen LogP contribution in [0.2, 0.25) is 0 Å². The van der Waals surface area contributed by atoms with Crippen LogP contribution in [0, 0.1) is 0 Å². The topological polar surface area (TPSA) is 75.7 Å². The lowest BCUT2D eigenvalue weighted by molar-refractivity contribution is 0.0938. The summed E-state index contributed by atoms with van der Waals surface area (Å²) in [7, 11) is -0.810. The number of hydrogen-bond donors (Lipinski definition) is 1. The molecule has 0 aliphatic rings. The maximum atomic E-state index is 13.0. The summed E-state index contributed by atoms with van der Waals surface area (Å²) in [5, 5.41) is 2.96. The Bertz CT molecular complexity index is 911. The highest BCUT2D eigenvalue weighted by Crippen LogP contribution is 2.30. The molecule has 29 heavy (non-hydrogen) atoms. The molecule has 0 bridgehead atoms. The number of nitrogens with zero attached hydrogens (tertiary/aromatic N) is 1. The third kappa shape index (κ3) is 5.73. The van der Waals surface area contributed by atoms with E-state index < -0.39 is 10.0 Å². The minimum Gasteiger partial charge on any atom is -0.495 e. The zero-order valence-electron chi connectivity index (χ0n) is 17.5. The predicted molar refractivity (Wildman–Crippen MR) is 116 cm³/mol. The summed E-state index contributed by atoms with van der Waals surface area (Å²) >= 11 is 0. The average molecular weight is 419 g/mol. The second-order valence-electron chi connectivity index (χ2n) is 7.04. The van der Waals surface area contributed by atoms with Gasteiger partial charge in [0.15, 0.2) is 0 Å². The first-order valence-electron chi connectivity index (χ1n) is 9.84. The van der Waals surface area contributed by atoms with Crippen LogP contribution in [0.3, 0.4) is 0 Å². The van der Waals surface area contributed by atoms with Gasteiger partial charge in [-0.15, -0.1) is 0 Å². The van der Waals surface area contributed by atoms with Gasteiger partial charge in [0, 0.05) is 18.7 Å². The molecule has 158 valence electrons. The van der Waals surface area contributed by atoms with E-state index >= 15 is 0 Å². The number of rotatable bonds is 10. The number of amides is 1. The lowest BCUT2D eigenvalue weighted by atomic mass is 10.1. The monoisotopic (exact) mass is 418 g/mol. The molecule has 2 rings (SSSR count). The van der Waals surface area contributed by atoms with Gasteiger partial charge < -0.3 is 10.1 Å². The average Bonchev–Trinajstić information content (AvgIpc) is 2.73. The number of carbonyl (C=O) groups is 1. The van der Waals surface area contributed by atoms with Crippen molar-refractivity contribution in [2.24, 2.45) is 0 Å². The summed E-state index contributed by atoms with van der Waals surface area (Å²) in [5.74, 6) is 0.266. The number of ether oxygens (including phenoxy) is 1. The Morgan fingerprint density at radius 1 is 1.10 bits per heavy atom. The lowest BCUT2D eigenvalue weighted by Gasteiger charge is -2.21. The van der Waals surface area contributed by atoms with Crippen molar-refractivity contribution in [2.75, 3.05) is 18.5 Å². The van der Waals surface area contributed by atoms with Crippen molar-refractivity contribution in [3.05, 3.63) is 54.1 Å². The molecule has 0 saturated heterocycles. The highest BCUT2D eigenvalue weighted by atomic mass is 32.2. The van der Waals surface area contributed by atoms with Crippen molar-refractivity contribution in [1.29, 1.82) is 0 Å². The molecular weight excluding hydrogens is 388 g/mol. The van der Waals surface area contributed by atoms with Crippen LogP contribution in [-0.4, -0.2) is 34.5 Å². The van der Waals surface area contributed by atoms with Crippen molar-refractivity contribution in [3.63, 3.8) is 0 Å². The Labute approximate surface area is 173 Å². The van der Waals surface area contributed by atoms with E-state index in [-0.39, 0.29) is 16.8 Å². The van der Waals surface area contributed by atoms with Crippen molar-refractivity contribution >= 4 is 21.6 Å². The molecule has 1 unspecified atom stereocenters. The largest absolute Gasteiger partial charge is 0.495 e. The molecule has 7 heteroatoms. The number of benzene rings is 2. The van der Waals surface area contributed by atoms with E-state index in [1.807, 2.05) is 6.92 Å². The first-order valence-corrected chi connectivity index (χ1v) is 11.3. The molecule has 2 aromatic rings. The number of sulfonamides is 1. The third-order valence-electron chi connectivity index (χ3n) is 4.82. The Balaban J connectivity index is 2.13. The quantitative estimate of drug-likeness (QED) is 0.586. The van der Waals surface area contributed by atoms with Gasteiger partial charge in [0.25, 0.3) is 15.9 Å². The molecule has 1 N–H and O–H groups in total. The van der Waals surface area contributed by atoms with Crippen molar-refractivity contribution < 1.29 is 17.9 Å². The zero-order valence-corrected chi connectivity index (χ0v) is 18.3. The maximum Gasteiger partial charge on any atom is 0.264 e. The number of hydrogen-bond acceptors (Lipinski definition) is 4. The van der Waals surface area contributed by atoms with Gasteiger partial charge in [-0.05, 0) is 49.7 Å². The number of nitrogens with one attached hydrogen (secondary N) is 1. The van der Waals surface area contributed by atoms with Gasteiger partial charge in [0.2, 0.25) is 0 Å². The molecule has 0 fully saturated rings. The molecule has 0 aliphatic carbocycles. The van der Waals surface area contributed by atoms with Crippen LogP contribution in [0.5, 0.6) is 5.75 Å². The van der Waals surface area contributed by atoms with Gasteiger partial charge >= 0.3 is 0 Å². The van der Waals surface area contributed by atoms with Gasteiger partial charge in [-0.2, -0.15) is 0 Å². The van der Waals surface area contributed by atoms with E-state index in [0.717, 1.165) is 25.7 Å². The molecule has 1 atom stereocenters. The minimum atomic E-state index is -3.78. The maximum absolute atomic E-state index is 13.0. The van der Waals surface area contributed by atoms with E-state index in [9.17, 15) is 13.2 Å². The minimum absolute atomic E-state index is 0.0779. The normalized spacial score (nSPS) is 12.3. The number of unbranched alkanes of at least 4 members (excludes halogenated alkanes) is 2.